The summed E-state index contributed by atoms with van der Waals surface area (Å²) in [6.45, 7) is 2.79. The van der Waals surface area contributed by atoms with Crippen molar-refractivity contribution < 1.29 is 9.53 Å². The van der Waals surface area contributed by atoms with Gasteiger partial charge in [-0.05, 0) is 24.2 Å². The van der Waals surface area contributed by atoms with Crippen LogP contribution in [0.25, 0.3) is 0 Å². The number of nitrogens with two attached hydrogens (primary N) is 1. The smallest absolute Gasteiger partial charge is 0.415 e. The first-order chi connectivity index (χ1) is 8.72. The molecule has 0 aliphatic carbocycles. The summed E-state index contributed by atoms with van der Waals surface area (Å²) < 4.78 is 5.53. The van der Waals surface area contributed by atoms with Crippen molar-refractivity contribution in [2.45, 2.75) is 18.6 Å². The number of rotatable bonds is 2. The fraction of sp³-hybridized carbons (Fsp3) is 0.462. The van der Waals surface area contributed by atoms with Crippen LogP contribution in [0.15, 0.2) is 24.3 Å². The predicted molar refractivity (Wildman–Crippen MR) is 68.4 cm³/mol. The van der Waals surface area contributed by atoms with E-state index in [0.29, 0.717) is 13.1 Å². The van der Waals surface area contributed by atoms with E-state index in [0.717, 1.165) is 30.8 Å². The van der Waals surface area contributed by atoms with Gasteiger partial charge in [-0.25, -0.2) is 4.79 Å². The summed E-state index contributed by atoms with van der Waals surface area (Å²) >= 11 is 0. The highest BCUT2D eigenvalue weighted by Crippen LogP contribution is 2.32. The largest absolute Gasteiger partial charge is 0.439 e. The van der Waals surface area contributed by atoms with Gasteiger partial charge in [0.2, 0.25) is 0 Å². The van der Waals surface area contributed by atoms with Gasteiger partial charge < -0.3 is 15.8 Å². The molecule has 5 heteroatoms. The summed E-state index contributed by atoms with van der Waals surface area (Å²) in [7, 11) is 0. The van der Waals surface area contributed by atoms with E-state index in [1.165, 1.54) is 0 Å². The fourth-order valence-corrected chi connectivity index (χ4v) is 2.58. The molecule has 2 aliphatic rings. The molecule has 1 aromatic carbocycles. The van der Waals surface area contributed by atoms with Crippen molar-refractivity contribution in [2.75, 3.05) is 24.5 Å². The Morgan fingerprint density at radius 2 is 2.17 bits per heavy atom. The number of hydrogen-bond donors (Lipinski definition) is 2. The lowest BCUT2D eigenvalue weighted by Crippen LogP contribution is -2.36. The van der Waals surface area contributed by atoms with E-state index in [-0.39, 0.29) is 11.7 Å². The first-order valence-electron chi connectivity index (χ1n) is 6.23. The topological polar surface area (TPSA) is 67.6 Å². The molecule has 1 spiro atoms. The van der Waals surface area contributed by atoms with E-state index in [1.54, 1.807) is 4.90 Å². The molecule has 2 saturated heterocycles. The van der Waals surface area contributed by atoms with E-state index in [9.17, 15) is 4.79 Å². The molecule has 96 valence electrons. The third-order valence-electron chi connectivity index (χ3n) is 3.66. The van der Waals surface area contributed by atoms with Gasteiger partial charge >= 0.3 is 6.09 Å². The third-order valence-corrected chi connectivity index (χ3v) is 3.66. The lowest BCUT2D eigenvalue weighted by molar-refractivity contribution is 0.0733. The number of anilines is 1. The van der Waals surface area contributed by atoms with Crippen LogP contribution in [0.5, 0.6) is 0 Å². The normalized spacial score (nSPS) is 26.9. The standard InChI is InChI=1S/C13H17N3O2/c14-7-10-1-3-11(4-2-10)16-9-13(18-12(16)17)5-6-15-8-13/h1-4,15H,5-9,14H2. The molecule has 2 fully saturated rings. The first-order valence-corrected chi connectivity index (χ1v) is 6.23. The number of amides is 1. The molecule has 1 unspecified atom stereocenters. The highest BCUT2D eigenvalue weighted by molar-refractivity contribution is 5.90. The quantitative estimate of drug-likeness (QED) is 0.812. The van der Waals surface area contributed by atoms with Crippen molar-refractivity contribution in [1.29, 1.82) is 0 Å². The zero-order chi connectivity index (χ0) is 12.6. The average Bonchev–Trinajstić information content (AvgIpc) is 2.97. The summed E-state index contributed by atoms with van der Waals surface area (Å²) in [5, 5.41) is 3.25. The third kappa shape index (κ3) is 1.85. The Bertz CT molecular complexity index is 452. The SMILES string of the molecule is NCc1ccc(N2CC3(CCNC3)OC2=O)cc1. The highest BCUT2D eigenvalue weighted by atomic mass is 16.6. The number of nitrogens with one attached hydrogen (secondary N) is 1. The van der Waals surface area contributed by atoms with Crippen LogP contribution in [-0.4, -0.2) is 31.3 Å². The summed E-state index contributed by atoms with van der Waals surface area (Å²) in [5.41, 5.74) is 7.17. The highest BCUT2D eigenvalue weighted by Gasteiger charge is 2.47. The monoisotopic (exact) mass is 247 g/mol. The molecule has 1 aromatic rings. The second kappa shape index (κ2) is 4.26. The Labute approximate surface area is 106 Å². The summed E-state index contributed by atoms with van der Waals surface area (Å²) in [4.78, 5) is 13.6. The van der Waals surface area contributed by atoms with Gasteiger partial charge in [-0.15, -0.1) is 0 Å². The minimum Gasteiger partial charge on any atom is -0.439 e. The molecular formula is C13H17N3O2. The summed E-state index contributed by atoms with van der Waals surface area (Å²) in [6, 6.07) is 7.73. The molecule has 1 amide bonds. The number of carbonyl (C=O) groups is 1. The van der Waals surface area contributed by atoms with Crippen molar-refractivity contribution in [2.24, 2.45) is 5.73 Å². The maximum Gasteiger partial charge on any atom is 0.415 e. The lowest BCUT2D eigenvalue weighted by Gasteiger charge is -2.19. The van der Waals surface area contributed by atoms with Crippen LogP contribution < -0.4 is 16.0 Å². The van der Waals surface area contributed by atoms with Gasteiger partial charge in [0.15, 0.2) is 0 Å². The van der Waals surface area contributed by atoms with Crippen LogP contribution >= 0.6 is 0 Å². The molecule has 0 saturated carbocycles. The maximum absolute atomic E-state index is 11.9. The number of ether oxygens (including phenoxy) is 1. The lowest BCUT2D eigenvalue weighted by atomic mass is 10.0. The van der Waals surface area contributed by atoms with Crippen molar-refractivity contribution >= 4 is 11.8 Å². The van der Waals surface area contributed by atoms with Crippen molar-refractivity contribution in [3.05, 3.63) is 29.8 Å². The number of nitrogens with zero attached hydrogens (tertiary/aromatic N) is 1. The Balaban J connectivity index is 1.81. The zero-order valence-electron chi connectivity index (χ0n) is 10.2. The van der Waals surface area contributed by atoms with Crippen molar-refractivity contribution in [3.63, 3.8) is 0 Å². The van der Waals surface area contributed by atoms with Gasteiger partial charge in [0.25, 0.3) is 0 Å². The summed E-state index contributed by atoms with van der Waals surface area (Å²) in [5.74, 6) is 0. The van der Waals surface area contributed by atoms with Crippen LogP contribution in [0.2, 0.25) is 0 Å². The van der Waals surface area contributed by atoms with Gasteiger partial charge in [0.05, 0.1) is 6.54 Å². The molecule has 2 aliphatic heterocycles. The minimum absolute atomic E-state index is 0.251. The Morgan fingerprint density at radius 3 is 2.78 bits per heavy atom. The van der Waals surface area contributed by atoms with Gasteiger partial charge in [-0.1, -0.05) is 12.1 Å². The van der Waals surface area contributed by atoms with Crippen LogP contribution in [0.4, 0.5) is 10.5 Å². The molecule has 18 heavy (non-hydrogen) atoms. The molecule has 5 nitrogen and oxygen atoms in total. The minimum atomic E-state index is -0.330. The molecule has 3 N–H and O–H groups in total. The Morgan fingerprint density at radius 1 is 1.39 bits per heavy atom. The van der Waals surface area contributed by atoms with Crippen molar-refractivity contribution in [3.8, 4) is 0 Å². The molecule has 0 bridgehead atoms. The molecule has 3 rings (SSSR count). The molecule has 0 aromatic heterocycles. The predicted octanol–water partition coefficient (Wildman–Crippen LogP) is 0.834. The molecular weight excluding hydrogens is 230 g/mol. The van der Waals surface area contributed by atoms with Crippen molar-refractivity contribution in [1.82, 2.24) is 5.32 Å². The number of carbonyl (C=O) groups excluding carboxylic acids is 1. The zero-order valence-corrected chi connectivity index (χ0v) is 10.2. The fourth-order valence-electron chi connectivity index (χ4n) is 2.58. The van der Waals surface area contributed by atoms with E-state index < -0.39 is 0 Å². The maximum atomic E-state index is 11.9. The number of hydrogen-bond acceptors (Lipinski definition) is 4. The van der Waals surface area contributed by atoms with Crippen LogP contribution in [0, 0.1) is 0 Å². The van der Waals surface area contributed by atoms with E-state index in [4.69, 9.17) is 10.5 Å². The average molecular weight is 247 g/mol. The van der Waals surface area contributed by atoms with Gasteiger partial charge in [0, 0.05) is 25.2 Å². The Hall–Kier alpha value is -1.59. The van der Waals surface area contributed by atoms with Crippen LogP contribution in [0.1, 0.15) is 12.0 Å². The second-order valence-electron chi connectivity index (χ2n) is 4.93. The number of benzene rings is 1. The Kier molecular flexibility index (Phi) is 2.72. The van der Waals surface area contributed by atoms with Gasteiger partial charge in [-0.2, -0.15) is 0 Å². The molecule has 2 heterocycles. The summed E-state index contributed by atoms with van der Waals surface area (Å²) in [6.07, 6.45) is 0.634. The van der Waals surface area contributed by atoms with Gasteiger partial charge in [0.1, 0.15) is 5.60 Å². The first kappa shape index (κ1) is 11.5. The van der Waals surface area contributed by atoms with E-state index in [1.807, 2.05) is 24.3 Å². The van der Waals surface area contributed by atoms with Gasteiger partial charge in [-0.3, -0.25) is 4.90 Å². The molecule has 0 radical (unpaired) electrons. The van der Waals surface area contributed by atoms with Crippen LogP contribution in [-0.2, 0) is 11.3 Å². The second-order valence-corrected chi connectivity index (χ2v) is 4.93. The molecule has 1 atom stereocenters. The van der Waals surface area contributed by atoms with E-state index >= 15 is 0 Å². The van der Waals surface area contributed by atoms with Crippen LogP contribution in [0.3, 0.4) is 0 Å². The van der Waals surface area contributed by atoms with E-state index in [2.05, 4.69) is 5.32 Å².